The second kappa shape index (κ2) is 4.77. The Morgan fingerprint density at radius 2 is 1.89 bits per heavy atom. The van der Waals surface area contributed by atoms with E-state index in [2.05, 4.69) is 38.8 Å². The second-order valence-electron chi connectivity index (χ2n) is 5.14. The van der Waals surface area contributed by atoms with E-state index in [1.165, 1.54) is 0 Å². The maximum Gasteiger partial charge on any atom is 0.230 e. The summed E-state index contributed by atoms with van der Waals surface area (Å²) in [6.45, 7) is 8.19. The average Bonchev–Trinajstić information content (AvgIpc) is 2.78. The minimum atomic E-state index is 0.849. The first kappa shape index (κ1) is 12.3. The van der Waals surface area contributed by atoms with Crippen LogP contribution in [0.5, 0.6) is 0 Å². The zero-order chi connectivity index (χ0) is 13.4. The van der Waals surface area contributed by atoms with E-state index in [0.717, 1.165) is 55.7 Å². The molecule has 0 radical (unpaired) electrons. The lowest BCUT2D eigenvalue weighted by Crippen LogP contribution is -2.45. The lowest BCUT2D eigenvalue weighted by Gasteiger charge is -2.33. The molecule has 1 aliphatic heterocycles. The highest BCUT2D eigenvalue weighted by Gasteiger charge is 2.19. The van der Waals surface area contributed by atoms with Crippen molar-refractivity contribution >= 4 is 11.6 Å². The molecule has 0 aliphatic carbocycles. The Balaban J connectivity index is 2.05. The molecule has 0 bridgehead atoms. The van der Waals surface area contributed by atoms with Gasteiger partial charge in [-0.3, -0.25) is 0 Å². The molecular formula is C13H20N6. The van der Waals surface area contributed by atoms with E-state index < -0.39 is 0 Å². The highest BCUT2D eigenvalue weighted by Crippen LogP contribution is 2.16. The fourth-order valence-electron chi connectivity index (χ4n) is 2.40. The molecule has 3 heterocycles. The Morgan fingerprint density at radius 3 is 2.58 bits per heavy atom. The van der Waals surface area contributed by atoms with Crippen LogP contribution in [0.15, 0.2) is 6.07 Å². The van der Waals surface area contributed by atoms with Crippen molar-refractivity contribution < 1.29 is 0 Å². The van der Waals surface area contributed by atoms with E-state index >= 15 is 0 Å². The first-order valence-corrected chi connectivity index (χ1v) is 6.84. The maximum atomic E-state index is 4.68. The summed E-state index contributed by atoms with van der Waals surface area (Å²) in [7, 11) is 2.16. The summed E-state index contributed by atoms with van der Waals surface area (Å²) >= 11 is 0. The summed E-state index contributed by atoms with van der Waals surface area (Å²) in [6.07, 6.45) is 0.849. The Bertz CT molecular complexity index is 582. The van der Waals surface area contributed by atoms with Crippen molar-refractivity contribution in [3.05, 3.63) is 17.6 Å². The predicted octanol–water partition coefficient (Wildman–Crippen LogP) is 0.747. The van der Waals surface area contributed by atoms with E-state index in [-0.39, 0.29) is 0 Å². The van der Waals surface area contributed by atoms with Gasteiger partial charge in [-0.1, -0.05) is 6.92 Å². The Morgan fingerprint density at radius 1 is 1.16 bits per heavy atom. The standard InChI is InChI=1S/C13H20N6/c1-4-11-14-12-9-10(2)16-19(12)13(15-11)18-7-5-17(3)6-8-18/h9H,4-8H2,1-3H3. The smallest absolute Gasteiger partial charge is 0.230 e. The minimum absolute atomic E-state index is 0.849. The zero-order valence-electron chi connectivity index (χ0n) is 11.8. The molecule has 1 fully saturated rings. The number of nitrogens with zero attached hydrogens (tertiary/aromatic N) is 6. The number of aryl methyl sites for hydroxylation is 2. The Labute approximate surface area is 113 Å². The number of fused-ring (bicyclic) bond motifs is 1. The second-order valence-corrected chi connectivity index (χ2v) is 5.14. The molecule has 0 amide bonds. The fraction of sp³-hybridized carbons (Fsp3) is 0.615. The molecular weight excluding hydrogens is 240 g/mol. The maximum absolute atomic E-state index is 4.68. The van der Waals surface area contributed by atoms with Crippen LogP contribution in [0.4, 0.5) is 5.95 Å². The minimum Gasteiger partial charge on any atom is -0.338 e. The van der Waals surface area contributed by atoms with Crippen molar-refractivity contribution in [1.82, 2.24) is 24.5 Å². The van der Waals surface area contributed by atoms with Gasteiger partial charge in [0.05, 0.1) is 5.69 Å². The van der Waals surface area contributed by atoms with Gasteiger partial charge in [0.25, 0.3) is 0 Å². The van der Waals surface area contributed by atoms with E-state index in [1.807, 2.05) is 17.5 Å². The summed E-state index contributed by atoms with van der Waals surface area (Å²) in [6, 6.07) is 2.01. The summed E-state index contributed by atoms with van der Waals surface area (Å²) < 4.78 is 1.87. The summed E-state index contributed by atoms with van der Waals surface area (Å²) in [5.41, 5.74) is 1.89. The van der Waals surface area contributed by atoms with Crippen LogP contribution in [-0.4, -0.2) is 57.7 Å². The third-order valence-electron chi connectivity index (χ3n) is 3.58. The number of aromatic nitrogens is 4. The van der Waals surface area contributed by atoms with E-state index in [1.54, 1.807) is 0 Å². The van der Waals surface area contributed by atoms with Gasteiger partial charge in [0.2, 0.25) is 5.95 Å². The van der Waals surface area contributed by atoms with E-state index in [0.29, 0.717) is 0 Å². The van der Waals surface area contributed by atoms with Crippen molar-refractivity contribution in [3.63, 3.8) is 0 Å². The normalized spacial score (nSPS) is 17.3. The van der Waals surface area contributed by atoms with Crippen LogP contribution in [-0.2, 0) is 6.42 Å². The van der Waals surface area contributed by atoms with Crippen molar-refractivity contribution in [3.8, 4) is 0 Å². The molecule has 3 rings (SSSR count). The van der Waals surface area contributed by atoms with Crippen LogP contribution in [0, 0.1) is 6.92 Å². The molecule has 0 saturated carbocycles. The van der Waals surface area contributed by atoms with Crippen LogP contribution in [0.1, 0.15) is 18.4 Å². The quantitative estimate of drug-likeness (QED) is 0.797. The molecule has 2 aromatic rings. The lowest BCUT2D eigenvalue weighted by molar-refractivity contribution is 0.310. The van der Waals surface area contributed by atoms with Gasteiger partial charge in [0, 0.05) is 38.7 Å². The first-order valence-electron chi connectivity index (χ1n) is 6.84. The van der Waals surface area contributed by atoms with Crippen molar-refractivity contribution in [1.29, 1.82) is 0 Å². The van der Waals surface area contributed by atoms with Crippen LogP contribution >= 0.6 is 0 Å². The highest BCUT2D eigenvalue weighted by molar-refractivity contribution is 5.47. The molecule has 6 nitrogen and oxygen atoms in total. The molecule has 0 N–H and O–H groups in total. The number of piperazine rings is 1. The summed E-state index contributed by atoms with van der Waals surface area (Å²) in [5.74, 6) is 1.82. The van der Waals surface area contributed by atoms with E-state index in [9.17, 15) is 0 Å². The SMILES string of the molecule is CCc1nc(N2CCN(C)CC2)n2nc(C)cc2n1. The third-order valence-corrected chi connectivity index (χ3v) is 3.58. The number of likely N-dealkylation sites (N-methyl/N-ethyl adjacent to an activating group) is 1. The molecule has 2 aromatic heterocycles. The van der Waals surface area contributed by atoms with Gasteiger partial charge in [-0.05, 0) is 14.0 Å². The predicted molar refractivity (Wildman–Crippen MR) is 74.6 cm³/mol. The lowest BCUT2D eigenvalue weighted by atomic mass is 10.3. The molecule has 0 unspecified atom stereocenters. The summed E-state index contributed by atoms with van der Waals surface area (Å²) in [5, 5.41) is 4.52. The monoisotopic (exact) mass is 260 g/mol. The zero-order valence-corrected chi connectivity index (χ0v) is 11.8. The molecule has 1 aliphatic rings. The molecule has 102 valence electrons. The van der Waals surface area contributed by atoms with Gasteiger partial charge in [0.1, 0.15) is 5.82 Å². The van der Waals surface area contributed by atoms with Gasteiger partial charge in [-0.2, -0.15) is 14.6 Å². The van der Waals surface area contributed by atoms with Gasteiger partial charge in [-0.15, -0.1) is 0 Å². The van der Waals surface area contributed by atoms with E-state index in [4.69, 9.17) is 0 Å². The fourth-order valence-corrected chi connectivity index (χ4v) is 2.40. The molecule has 6 heteroatoms. The highest BCUT2D eigenvalue weighted by atomic mass is 15.4. The Hall–Kier alpha value is -1.69. The van der Waals surface area contributed by atoms with Gasteiger partial charge in [0.15, 0.2) is 5.65 Å². The van der Waals surface area contributed by atoms with Gasteiger partial charge >= 0.3 is 0 Å². The molecule has 19 heavy (non-hydrogen) atoms. The van der Waals surface area contributed by atoms with Crippen molar-refractivity contribution in [2.45, 2.75) is 20.3 Å². The topological polar surface area (TPSA) is 49.6 Å². The molecule has 0 atom stereocenters. The van der Waals surface area contributed by atoms with Gasteiger partial charge < -0.3 is 9.80 Å². The average molecular weight is 260 g/mol. The molecule has 0 aromatic carbocycles. The van der Waals surface area contributed by atoms with Crippen molar-refractivity contribution in [2.24, 2.45) is 0 Å². The Kier molecular flexibility index (Phi) is 3.10. The number of hydrogen-bond donors (Lipinski definition) is 0. The van der Waals surface area contributed by atoms with Crippen LogP contribution in [0.25, 0.3) is 5.65 Å². The largest absolute Gasteiger partial charge is 0.338 e. The number of anilines is 1. The van der Waals surface area contributed by atoms with Gasteiger partial charge in [-0.25, -0.2) is 4.98 Å². The van der Waals surface area contributed by atoms with Crippen LogP contribution < -0.4 is 4.90 Å². The molecule has 1 saturated heterocycles. The van der Waals surface area contributed by atoms with Crippen molar-refractivity contribution in [2.75, 3.05) is 38.1 Å². The first-order chi connectivity index (χ1) is 9.17. The van der Waals surface area contributed by atoms with Crippen LogP contribution in [0.3, 0.4) is 0 Å². The third kappa shape index (κ3) is 2.28. The molecule has 0 spiro atoms. The summed E-state index contributed by atoms with van der Waals surface area (Å²) in [4.78, 5) is 13.9. The van der Waals surface area contributed by atoms with Crippen LogP contribution in [0.2, 0.25) is 0 Å². The number of rotatable bonds is 2. The number of hydrogen-bond acceptors (Lipinski definition) is 5.